The van der Waals surface area contributed by atoms with Crippen molar-refractivity contribution < 1.29 is 0 Å². The predicted molar refractivity (Wildman–Crippen MR) is 164 cm³/mol. The van der Waals surface area contributed by atoms with Crippen LogP contribution in [0.5, 0.6) is 0 Å². The van der Waals surface area contributed by atoms with Gasteiger partial charge < -0.3 is 5.32 Å². The quantitative estimate of drug-likeness (QED) is 0.249. The zero-order valence-corrected chi connectivity index (χ0v) is 21.9. The van der Waals surface area contributed by atoms with Gasteiger partial charge in [-0.3, -0.25) is 0 Å². The smallest absolute Gasteiger partial charge is 0.0436 e. The number of benzene rings is 6. The van der Waals surface area contributed by atoms with Gasteiger partial charge in [0.2, 0.25) is 0 Å². The first kappa shape index (κ1) is 23.3. The molecular weight excluding hydrogens is 470 g/mol. The standard InChI is InChI=1S/C38H29N/c1-38(29-14-6-3-7-15-29)36-19-11-10-18-34(36)35-25-24-31(26-37(35)38)39-30-22-20-28(21-23-30)33-17-9-8-16-32(33)27-12-4-2-5-13-27/h2-26,39H,1H3. The minimum atomic E-state index is -0.199. The third kappa shape index (κ3) is 3.95. The van der Waals surface area contributed by atoms with E-state index in [1.165, 1.54) is 50.1 Å². The summed E-state index contributed by atoms with van der Waals surface area (Å²) >= 11 is 0. The van der Waals surface area contributed by atoms with Gasteiger partial charge in [0.05, 0.1) is 0 Å². The van der Waals surface area contributed by atoms with Gasteiger partial charge in [-0.05, 0) is 81.3 Å². The first-order valence-corrected chi connectivity index (χ1v) is 13.5. The van der Waals surface area contributed by atoms with Gasteiger partial charge >= 0.3 is 0 Å². The van der Waals surface area contributed by atoms with Crippen LogP contribution < -0.4 is 5.32 Å². The molecule has 1 atom stereocenters. The Bertz CT molecular complexity index is 1770. The lowest BCUT2D eigenvalue weighted by Crippen LogP contribution is -2.22. The van der Waals surface area contributed by atoms with Crippen molar-refractivity contribution in [3.8, 4) is 33.4 Å². The molecule has 186 valence electrons. The van der Waals surface area contributed by atoms with Gasteiger partial charge in [-0.25, -0.2) is 0 Å². The monoisotopic (exact) mass is 499 g/mol. The fraction of sp³-hybridized carbons (Fsp3) is 0.0526. The molecule has 0 bridgehead atoms. The Morgan fingerprint density at radius 3 is 1.62 bits per heavy atom. The minimum absolute atomic E-state index is 0.199. The van der Waals surface area contributed by atoms with E-state index < -0.39 is 0 Å². The maximum Gasteiger partial charge on any atom is 0.0436 e. The maximum atomic E-state index is 3.67. The Kier molecular flexibility index (Phi) is 5.64. The van der Waals surface area contributed by atoms with Crippen LogP contribution >= 0.6 is 0 Å². The summed E-state index contributed by atoms with van der Waals surface area (Å²) in [6.45, 7) is 2.36. The van der Waals surface area contributed by atoms with Gasteiger partial charge in [-0.15, -0.1) is 0 Å². The highest BCUT2D eigenvalue weighted by Crippen LogP contribution is 2.52. The Balaban J connectivity index is 1.22. The van der Waals surface area contributed by atoms with Crippen LogP contribution in [0.1, 0.15) is 23.6 Å². The molecule has 1 aliphatic rings. The molecule has 0 heterocycles. The van der Waals surface area contributed by atoms with E-state index in [1.54, 1.807) is 0 Å². The molecule has 0 aliphatic heterocycles. The number of fused-ring (bicyclic) bond motifs is 3. The molecule has 6 aromatic rings. The second-order valence-electron chi connectivity index (χ2n) is 10.4. The SMILES string of the molecule is CC1(c2ccccc2)c2ccccc2-c2ccc(Nc3ccc(-c4ccccc4-c4ccccc4)cc3)cc21. The second kappa shape index (κ2) is 9.45. The molecule has 0 aromatic heterocycles. The lowest BCUT2D eigenvalue weighted by atomic mass is 9.74. The molecule has 1 N–H and O–H groups in total. The van der Waals surface area contributed by atoms with E-state index in [0.29, 0.717) is 0 Å². The van der Waals surface area contributed by atoms with Crippen molar-refractivity contribution in [2.75, 3.05) is 5.32 Å². The van der Waals surface area contributed by atoms with E-state index >= 15 is 0 Å². The van der Waals surface area contributed by atoms with Crippen molar-refractivity contribution in [3.63, 3.8) is 0 Å². The van der Waals surface area contributed by atoms with Crippen LogP contribution in [0.2, 0.25) is 0 Å². The third-order valence-electron chi connectivity index (χ3n) is 8.16. The molecule has 0 spiro atoms. The Morgan fingerprint density at radius 1 is 0.410 bits per heavy atom. The van der Waals surface area contributed by atoms with Crippen LogP contribution in [-0.4, -0.2) is 0 Å². The van der Waals surface area contributed by atoms with Crippen molar-refractivity contribution >= 4 is 11.4 Å². The van der Waals surface area contributed by atoms with E-state index in [1.807, 2.05) is 0 Å². The van der Waals surface area contributed by atoms with Crippen LogP contribution in [0.3, 0.4) is 0 Å². The lowest BCUT2D eigenvalue weighted by molar-refractivity contribution is 0.714. The molecule has 1 aliphatic carbocycles. The molecule has 0 saturated carbocycles. The van der Waals surface area contributed by atoms with Crippen molar-refractivity contribution in [1.29, 1.82) is 0 Å². The summed E-state index contributed by atoms with van der Waals surface area (Å²) in [4.78, 5) is 0. The van der Waals surface area contributed by atoms with Gasteiger partial charge in [0.15, 0.2) is 0 Å². The van der Waals surface area contributed by atoms with E-state index in [0.717, 1.165) is 11.4 Å². The summed E-state index contributed by atoms with van der Waals surface area (Å²) in [5.74, 6) is 0. The van der Waals surface area contributed by atoms with E-state index in [4.69, 9.17) is 0 Å². The molecule has 0 fully saturated rings. The third-order valence-corrected chi connectivity index (χ3v) is 8.16. The first-order valence-electron chi connectivity index (χ1n) is 13.5. The molecule has 0 saturated heterocycles. The van der Waals surface area contributed by atoms with Gasteiger partial charge in [0.25, 0.3) is 0 Å². The maximum absolute atomic E-state index is 3.67. The Hall–Kier alpha value is -4.88. The molecular formula is C38H29N. The average Bonchev–Trinajstić information content (AvgIpc) is 3.27. The average molecular weight is 500 g/mol. The van der Waals surface area contributed by atoms with Gasteiger partial charge in [0, 0.05) is 16.8 Å². The molecule has 6 aromatic carbocycles. The molecule has 1 unspecified atom stereocenters. The van der Waals surface area contributed by atoms with Gasteiger partial charge in [-0.1, -0.05) is 127 Å². The lowest BCUT2D eigenvalue weighted by Gasteiger charge is -2.28. The van der Waals surface area contributed by atoms with Crippen LogP contribution in [0.4, 0.5) is 11.4 Å². The fourth-order valence-electron chi connectivity index (χ4n) is 6.16. The van der Waals surface area contributed by atoms with E-state index in [-0.39, 0.29) is 5.41 Å². The number of hydrogen-bond donors (Lipinski definition) is 1. The summed E-state index contributed by atoms with van der Waals surface area (Å²) < 4.78 is 0. The fourth-order valence-corrected chi connectivity index (χ4v) is 6.16. The van der Waals surface area contributed by atoms with Crippen LogP contribution in [0.15, 0.2) is 152 Å². The van der Waals surface area contributed by atoms with Crippen molar-refractivity contribution in [3.05, 3.63) is 168 Å². The minimum Gasteiger partial charge on any atom is -0.356 e. The van der Waals surface area contributed by atoms with E-state index in [2.05, 4.69) is 164 Å². The number of hydrogen-bond acceptors (Lipinski definition) is 1. The molecule has 1 heteroatoms. The highest BCUT2D eigenvalue weighted by molar-refractivity contribution is 5.86. The highest BCUT2D eigenvalue weighted by Gasteiger charge is 2.40. The van der Waals surface area contributed by atoms with Crippen molar-refractivity contribution in [1.82, 2.24) is 0 Å². The first-order chi connectivity index (χ1) is 19.2. The Labute approximate surface area is 230 Å². The highest BCUT2D eigenvalue weighted by atomic mass is 14.9. The summed E-state index contributed by atoms with van der Waals surface area (Å²) in [6, 6.07) is 54.5. The van der Waals surface area contributed by atoms with Crippen LogP contribution in [-0.2, 0) is 5.41 Å². The zero-order chi connectivity index (χ0) is 26.2. The molecule has 0 amide bonds. The van der Waals surface area contributed by atoms with Crippen LogP contribution in [0.25, 0.3) is 33.4 Å². The summed E-state index contributed by atoms with van der Waals surface area (Å²) in [7, 11) is 0. The van der Waals surface area contributed by atoms with Crippen molar-refractivity contribution in [2.45, 2.75) is 12.3 Å². The Morgan fingerprint density at radius 2 is 0.923 bits per heavy atom. The summed E-state index contributed by atoms with van der Waals surface area (Å²) in [6.07, 6.45) is 0. The molecule has 1 nitrogen and oxygen atoms in total. The number of nitrogens with one attached hydrogen (secondary N) is 1. The molecule has 39 heavy (non-hydrogen) atoms. The number of anilines is 2. The molecule has 7 rings (SSSR count). The zero-order valence-electron chi connectivity index (χ0n) is 21.9. The van der Waals surface area contributed by atoms with E-state index in [9.17, 15) is 0 Å². The largest absolute Gasteiger partial charge is 0.356 e. The van der Waals surface area contributed by atoms with Gasteiger partial charge in [0.1, 0.15) is 0 Å². The normalized spacial score (nSPS) is 15.4. The predicted octanol–water partition coefficient (Wildman–Crippen LogP) is 10.1. The topological polar surface area (TPSA) is 12.0 Å². The van der Waals surface area contributed by atoms with Gasteiger partial charge in [-0.2, -0.15) is 0 Å². The van der Waals surface area contributed by atoms with Crippen LogP contribution in [0, 0.1) is 0 Å². The summed E-state index contributed by atoms with van der Waals surface area (Å²) in [5.41, 5.74) is 13.6. The summed E-state index contributed by atoms with van der Waals surface area (Å²) in [5, 5.41) is 3.67. The number of rotatable bonds is 5. The molecule has 0 radical (unpaired) electrons. The second-order valence-corrected chi connectivity index (χ2v) is 10.4. The van der Waals surface area contributed by atoms with Crippen molar-refractivity contribution in [2.24, 2.45) is 0 Å².